The highest BCUT2D eigenvalue weighted by atomic mass is 35.5. The SMILES string of the molecule is COc1ccc(CCNC(=O)c2cc(S(=O)(=O)N(C)C(C)C)ccc2Cl)cc1. The minimum absolute atomic E-state index is 0.0356. The number of rotatable bonds is 8. The normalized spacial score (nSPS) is 11.7. The van der Waals surface area contributed by atoms with Crippen LogP contribution in [0.5, 0.6) is 5.75 Å². The molecule has 6 nitrogen and oxygen atoms in total. The number of sulfonamides is 1. The highest BCUT2D eigenvalue weighted by Crippen LogP contribution is 2.23. The summed E-state index contributed by atoms with van der Waals surface area (Å²) in [5.41, 5.74) is 1.18. The summed E-state index contributed by atoms with van der Waals surface area (Å²) in [6, 6.07) is 11.5. The molecule has 28 heavy (non-hydrogen) atoms. The highest BCUT2D eigenvalue weighted by Gasteiger charge is 2.25. The lowest BCUT2D eigenvalue weighted by atomic mass is 10.1. The molecule has 0 aliphatic carbocycles. The van der Waals surface area contributed by atoms with Crippen LogP contribution in [0, 0.1) is 0 Å². The van der Waals surface area contributed by atoms with Gasteiger partial charge in [0.2, 0.25) is 10.0 Å². The summed E-state index contributed by atoms with van der Waals surface area (Å²) in [7, 11) is -0.592. The van der Waals surface area contributed by atoms with Crippen LogP contribution in [0.4, 0.5) is 0 Å². The van der Waals surface area contributed by atoms with Crippen molar-refractivity contribution in [2.75, 3.05) is 20.7 Å². The van der Waals surface area contributed by atoms with Gasteiger partial charge >= 0.3 is 0 Å². The van der Waals surface area contributed by atoms with E-state index >= 15 is 0 Å². The van der Waals surface area contributed by atoms with Crippen molar-refractivity contribution >= 4 is 27.5 Å². The molecule has 0 aliphatic heterocycles. The van der Waals surface area contributed by atoms with Gasteiger partial charge in [-0.3, -0.25) is 4.79 Å². The number of halogens is 1. The number of methoxy groups -OCH3 is 1. The smallest absolute Gasteiger partial charge is 0.252 e. The molecule has 2 aromatic carbocycles. The number of carbonyl (C=O) groups excluding carboxylic acids is 1. The van der Waals surface area contributed by atoms with E-state index in [-0.39, 0.29) is 21.5 Å². The Morgan fingerprint density at radius 3 is 2.39 bits per heavy atom. The summed E-state index contributed by atoms with van der Waals surface area (Å²) in [6.07, 6.45) is 0.626. The zero-order chi connectivity index (χ0) is 20.9. The molecule has 0 atom stereocenters. The van der Waals surface area contributed by atoms with E-state index in [1.165, 1.54) is 29.6 Å². The fourth-order valence-electron chi connectivity index (χ4n) is 2.49. The van der Waals surface area contributed by atoms with Crippen LogP contribution in [0.2, 0.25) is 5.02 Å². The van der Waals surface area contributed by atoms with Gasteiger partial charge in [-0.25, -0.2) is 8.42 Å². The number of hydrogen-bond acceptors (Lipinski definition) is 4. The maximum Gasteiger partial charge on any atom is 0.252 e. The molecule has 2 rings (SSSR count). The Morgan fingerprint density at radius 2 is 1.82 bits per heavy atom. The number of nitrogens with one attached hydrogen (secondary N) is 1. The summed E-state index contributed by atoms with van der Waals surface area (Å²) in [4.78, 5) is 12.6. The fourth-order valence-corrected chi connectivity index (χ4v) is 4.09. The fraction of sp³-hybridized carbons (Fsp3) is 0.350. The summed E-state index contributed by atoms with van der Waals surface area (Å²) in [5.74, 6) is 0.353. The number of carbonyl (C=O) groups is 1. The second-order valence-corrected chi connectivity index (χ2v) is 9.02. The van der Waals surface area contributed by atoms with Gasteiger partial charge in [0.05, 0.1) is 22.6 Å². The Balaban J connectivity index is 2.10. The highest BCUT2D eigenvalue weighted by molar-refractivity contribution is 7.89. The van der Waals surface area contributed by atoms with Crippen LogP contribution >= 0.6 is 11.6 Å². The Bertz CT molecular complexity index is 928. The average Bonchev–Trinajstić information content (AvgIpc) is 2.67. The van der Waals surface area contributed by atoms with Crippen molar-refractivity contribution in [3.8, 4) is 5.75 Å². The van der Waals surface area contributed by atoms with E-state index in [4.69, 9.17) is 16.3 Å². The van der Waals surface area contributed by atoms with Crippen LogP contribution in [0.15, 0.2) is 47.4 Å². The third kappa shape index (κ3) is 5.25. The molecular formula is C20H25ClN2O4S. The van der Waals surface area contributed by atoms with E-state index in [0.717, 1.165) is 11.3 Å². The van der Waals surface area contributed by atoms with Crippen LogP contribution in [-0.2, 0) is 16.4 Å². The molecule has 0 saturated carbocycles. The number of benzene rings is 2. The van der Waals surface area contributed by atoms with Gasteiger partial charge in [0, 0.05) is 19.6 Å². The Hall–Kier alpha value is -2.09. The first-order valence-corrected chi connectivity index (χ1v) is 10.7. The number of hydrogen-bond donors (Lipinski definition) is 1. The van der Waals surface area contributed by atoms with Gasteiger partial charge in [0.1, 0.15) is 5.75 Å². The molecule has 8 heteroatoms. The molecular weight excluding hydrogens is 400 g/mol. The predicted octanol–water partition coefficient (Wildman–Crippen LogP) is 3.35. The van der Waals surface area contributed by atoms with Gasteiger partial charge in [-0.1, -0.05) is 23.7 Å². The van der Waals surface area contributed by atoms with E-state index < -0.39 is 15.9 Å². The maximum atomic E-state index is 12.7. The molecule has 0 saturated heterocycles. The van der Waals surface area contributed by atoms with Crippen molar-refractivity contribution in [1.82, 2.24) is 9.62 Å². The third-order valence-electron chi connectivity index (χ3n) is 4.44. The second kappa shape index (κ2) is 9.41. The first-order chi connectivity index (χ1) is 13.2. The van der Waals surface area contributed by atoms with Gasteiger partial charge in [0.15, 0.2) is 0 Å². The monoisotopic (exact) mass is 424 g/mol. The first kappa shape index (κ1) is 22.2. The van der Waals surface area contributed by atoms with Gasteiger partial charge in [0.25, 0.3) is 5.91 Å². The maximum absolute atomic E-state index is 12.7. The standard InChI is InChI=1S/C20H25ClN2O4S/c1-14(2)23(3)28(25,26)17-9-10-19(21)18(13-17)20(24)22-12-11-15-5-7-16(27-4)8-6-15/h5-10,13-14H,11-12H2,1-4H3,(H,22,24). The van der Waals surface area contributed by atoms with E-state index in [1.807, 2.05) is 24.3 Å². The van der Waals surface area contributed by atoms with Crippen molar-refractivity contribution < 1.29 is 17.9 Å². The quantitative estimate of drug-likeness (QED) is 0.705. The summed E-state index contributed by atoms with van der Waals surface area (Å²) >= 11 is 6.13. The summed E-state index contributed by atoms with van der Waals surface area (Å²) < 4.78 is 31.7. The topological polar surface area (TPSA) is 75.7 Å². The predicted molar refractivity (Wildman–Crippen MR) is 111 cm³/mol. The van der Waals surface area contributed by atoms with E-state index in [1.54, 1.807) is 21.0 Å². The molecule has 0 heterocycles. The van der Waals surface area contributed by atoms with Crippen molar-refractivity contribution in [1.29, 1.82) is 0 Å². The molecule has 0 spiro atoms. The lowest BCUT2D eigenvalue weighted by Crippen LogP contribution is -2.33. The van der Waals surface area contributed by atoms with Crippen molar-refractivity contribution in [3.05, 3.63) is 58.6 Å². The van der Waals surface area contributed by atoms with E-state index in [2.05, 4.69) is 5.32 Å². The summed E-state index contributed by atoms with van der Waals surface area (Å²) in [6.45, 7) is 3.95. The molecule has 0 radical (unpaired) electrons. The molecule has 0 fully saturated rings. The average molecular weight is 425 g/mol. The van der Waals surface area contributed by atoms with Crippen LogP contribution in [-0.4, -0.2) is 45.4 Å². The van der Waals surface area contributed by atoms with E-state index in [0.29, 0.717) is 13.0 Å². The Kier molecular flexibility index (Phi) is 7.46. The van der Waals surface area contributed by atoms with Crippen LogP contribution in [0.3, 0.4) is 0 Å². The molecule has 0 unspecified atom stereocenters. The van der Waals surface area contributed by atoms with Crippen molar-refractivity contribution in [2.45, 2.75) is 31.2 Å². The molecule has 152 valence electrons. The van der Waals surface area contributed by atoms with Crippen molar-refractivity contribution in [2.24, 2.45) is 0 Å². The van der Waals surface area contributed by atoms with Crippen LogP contribution in [0.25, 0.3) is 0 Å². The zero-order valence-corrected chi connectivity index (χ0v) is 18.0. The van der Waals surface area contributed by atoms with Gasteiger partial charge < -0.3 is 10.1 Å². The van der Waals surface area contributed by atoms with Gasteiger partial charge in [-0.15, -0.1) is 0 Å². The van der Waals surface area contributed by atoms with Crippen molar-refractivity contribution in [3.63, 3.8) is 0 Å². The Morgan fingerprint density at radius 1 is 1.18 bits per heavy atom. The van der Waals surface area contributed by atoms with Gasteiger partial charge in [-0.05, 0) is 56.2 Å². The zero-order valence-electron chi connectivity index (χ0n) is 16.4. The molecule has 2 aromatic rings. The van der Waals surface area contributed by atoms with E-state index in [9.17, 15) is 13.2 Å². The summed E-state index contributed by atoms with van der Waals surface area (Å²) in [5, 5.41) is 2.99. The minimum atomic E-state index is -3.70. The number of amides is 1. The molecule has 1 N–H and O–H groups in total. The largest absolute Gasteiger partial charge is 0.497 e. The first-order valence-electron chi connectivity index (χ1n) is 8.85. The third-order valence-corrected chi connectivity index (χ3v) is 6.80. The van der Waals surface area contributed by atoms with Crippen LogP contribution < -0.4 is 10.1 Å². The lowest BCUT2D eigenvalue weighted by molar-refractivity contribution is 0.0954. The Labute approximate surface area is 171 Å². The molecule has 0 aliphatic rings. The number of ether oxygens (including phenoxy) is 1. The second-order valence-electron chi connectivity index (χ2n) is 6.61. The van der Waals surface area contributed by atoms with Gasteiger partial charge in [-0.2, -0.15) is 4.31 Å². The molecule has 1 amide bonds. The number of nitrogens with zero attached hydrogens (tertiary/aromatic N) is 1. The minimum Gasteiger partial charge on any atom is -0.497 e. The molecule has 0 bridgehead atoms. The lowest BCUT2D eigenvalue weighted by Gasteiger charge is -2.21. The van der Waals surface area contributed by atoms with Crippen LogP contribution in [0.1, 0.15) is 29.8 Å². The molecule has 0 aromatic heterocycles.